The average Bonchev–Trinajstić information content (AvgIpc) is 3.75. The van der Waals surface area contributed by atoms with Crippen molar-refractivity contribution in [1.82, 2.24) is 19.6 Å². The number of nitrogens with zero attached hydrogens (tertiary/aromatic N) is 4. The van der Waals surface area contributed by atoms with Crippen LogP contribution in [0.15, 0.2) is 84.9 Å². The monoisotopic (exact) mass is 802 g/mol. The highest BCUT2D eigenvalue weighted by Gasteiger charge is 2.41. The number of aliphatic carboxylic acids is 1. The molecule has 2 heterocycles. The Labute approximate surface area is 339 Å². The van der Waals surface area contributed by atoms with Gasteiger partial charge in [-0.05, 0) is 124 Å². The molecule has 11 heteroatoms. The van der Waals surface area contributed by atoms with Crippen LogP contribution in [-0.2, 0) is 24.4 Å². The average molecular weight is 804 g/mol. The number of carboxylic acid groups (broad SMARTS) is 1. The third-order valence-corrected chi connectivity index (χ3v) is 11.2. The molecule has 54 heavy (non-hydrogen) atoms. The lowest BCUT2D eigenvalue weighted by Gasteiger charge is -2.35. The van der Waals surface area contributed by atoms with Crippen LogP contribution in [0.5, 0.6) is 5.75 Å². The molecule has 1 N–H and O–H groups in total. The van der Waals surface area contributed by atoms with E-state index in [0.717, 1.165) is 80.9 Å². The van der Waals surface area contributed by atoms with Crippen LogP contribution in [0.25, 0.3) is 0 Å². The summed E-state index contributed by atoms with van der Waals surface area (Å²) in [6, 6.07) is 27.6. The molecule has 4 atom stereocenters. The van der Waals surface area contributed by atoms with Gasteiger partial charge in [0.1, 0.15) is 24.2 Å². The molecule has 1 saturated heterocycles. The number of ether oxygens (including phenoxy) is 1. The van der Waals surface area contributed by atoms with Gasteiger partial charge in [-0.15, -0.1) is 37.2 Å². The summed E-state index contributed by atoms with van der Waals surface area (Å²) < 4.78 is 22.6. The predicted molar refractivity (Wildman–Crippen MR) is 222 cm³/mol. The van der Waals surface area contributed by atoms with E-state index in [1.807, 2.05) is 43.4 Å². The molecule has 1 aliphatic carbocycles. The highest BCUT2D eigenvalue weighted by molar-refractivity contribution is 5.86. The largest absolute Gasteiger partial charge is 0.489 e. The second-order valence-electron chi connectivity index (χ2n) is 15.2. The topological polar surface area (TPSA) is 70.8 Å². The first-order valence-corrected chi connectivity index (χ1v) is 18.9. The van der Waals surface area contributed by atoms with Gasteiger partial charge in [0.15, 0.2) is 0 Å². The van der Waals surface area contributed by atoms with Crippen molar-refractivity contribution >= 4 is 43.2 Å². The molecule has 4 aromatic rings. The number of piperidine rings is 1. The first-order valence-electron chi connectivity index (χ1n) is 18.9. The summed E-state index contributed by atoms with van der Waals surface area (Å²) in [4.78, 5) is 17.0. The fourth-order valence-electron chi connectivity index (χ4n) is 8.47. The Hall–Kier alpha value is -3.14. The molecule has 0 radical (unpaired) electrons. The molecule has 1 saturated carbocycles. The van der Waals surface area contributed by atoms with Crippen molar-refractivity contribution in [2.45, 2.75) is 96.4 Å². The molecule has 2 aliphatic rings. The number of hydrogen-bond acceptors (Lipinski definition) is 5. The minimum absolute atomic E-state index is 0. The van der Waals surface area contributed by atoms with E-state index in [2.05, 4.69) is 71.7 Å². The molecular formula is C43H58Cl3FN4O3. The lowest BCUT2D eigenvalue weighted by atomic mass is 9.87. The van der Waals surface area contributed by atoms with Gasteiger partial charge in [-0.1, -0.05) is 68.4 Å². The maximum atomic E-state index is 14.4. The van der Waals surface area contributed by atoms with E-state index in [4.69, 9.17) is 9.84 Å². The van der Waals surface area contributed by atoms with Crippen LogP contribution in [0, 0.1) is 17.7 Å². The number of halogens is 4. The molecule has 1 aromatic heterocycles. The van der Waals surface area contributed by atoms with Crippen molar-refractivity contribution in [2.75, 3.05) is 26.7 Å². The number of likely N-dealkylation sites (tertiary alicyclic amines) is 1. The Morgan fingerprint density at radius 3 is 2.28 bits per heavy atom. The molecule has 0 amide bonds. The highest BCUT2D eigenvalue weighted by atomic mass is 35.5. The van der Waals surface area contributed by atoms with Crippen LogP contribution >= 0.6 is 37.2 Å². The van der Waals surface area contributed by atoms with Crippen LogP contribution < -0.4 is 4.74 Å². The molecular weight excluding hydrogens is 746 g/mol. The van der Waals surface area contributed by atoms with Crippen molar-refractivity contribution in [1.29, 1.82) is 0 Å². The Balaban J connectivity index is 0.00000261. The number of aromatic nitrogens is 2. The Morgan fingerprint density at radius 1 is 0.944 bits per heavy atom. The van der Waals surface area contributed by atoms with E-state index < -0.39 is 12.0 Å². The molecule has 0 bridgehead atoms. The third-order valence-electron chi connectivity index (χ3n) is 11.2. The maximum absolute atomic E-state index is 14.4. The van der Waals surface area contributed by atoms with Crippen molar-refractivity contribution in [3.05, 3.63) is 119 Å². The standard InChI is InChI=1S/C43H55FN4O3.3ClH/c1-5-48-41(26-37(45-48)23-31-14-16-39(17-15-31)51-29-32-10-7-6-8-11-32)33-18-20-47(21-19-33)28-35-25-38(46(4)42(43(49)50)22-30(2)3)27-40(35)34-12-9-13-36(44)24-34;;;/h6-17,24,26,30,33,35,38,40,42H,5,18-23,25,27-29H2,1-4H3,(H,49,50);3*1H/t35?,38?,40?,42-;;;/m1.../s1. The van der Waals surface area contributed by atoms with Crippen LogP contribution in [0.3, 0.4) is 0 Å². The first-order chi connectivity index (χ1) is 24.7. The molecule has 1 aliphatic heterocycles. The molecule has 7 nitrogen and oxygen atoms in total. The van der Waals surface area contributed by atoms with Crippen molar-refractivity contribution < 1.29 is 19.0 Å². The first kappa shape index (κ1) is 45.3. The minimum Gasteiger partial charge on any atom is -0.489 e. The number of likely N-dealkylation sites (N-methyl/N-ethyl adjacent to an activating group) is 1. The zero-order valence-corrected chi connectivity index (χ0v) is 34.4. The Morgan fingerprint density at radius 2 is 1.65 bits per heavy atom. The van der Waals surface area contributed by atoms with Gasteiger partial charge in [0.25, 0.3) is 0 Å². The van der Waals surface area contributed by atoms with Crippen LogP contribution in [0.2, 0.25) is 0 Å². The third kappa shape index (κ3) is 11.7. The zero-order chi connectivity index (χ0) is 35.9. The maximum Gasteiger partial charge on any atom is 0.320 e. The molecule has 2 fully saturated rings. The molecule has 296 valence electrons. The molecule has 3 aromatic carbocycles. The van der Waals surface area contributed by atoms with Gasteiger partial charge in [0, 0.05) is 37.2 Å². The SMILES string of the molecule is CCn1nc(Cc2ccc(OCc3ccccc3)cc2)cc1C1CCN(CC2CC(N(C)[C@H](CC(C)C)C(=O)O)CC2c2cccc(F)c2)CC1.Cl.Cl.Cl. The zero-order valence-electron chi connectivity index (χ0n) is 32.0. The lowest BCUT2D eigenvalue weighted by molar-refractivity contribution is -0.144. The fraction of sp³-hybridized carbons (Fsp3) is 0.488. The van der Waals surface area contributed by atoms with Gasteiger partial charge >= 0.3 is 5.97 Å². The smallest absolute Gasteiger partial charge is 0.320 e. The van der Waals surface area contributed by atoms with E-state index in [-0.39, 0.29) is 55.0 Å². The summed E-state index contributed by atoms with van der Waals surface area (Å²) in [5, 5.41) is 15.1. The number of aryl methyl sites for hydroxylation is 1. The van der Waals surface area contributed by atoms with Gasteiger partial charge in [0.2, 0.25) is 0 Å². The molecule has 6 rings (SSSR count). The molecule has 0 spiro atoms. The van der Waals surface area contributed by atoms with E-state index in [9.17, 15) is 14.3 Å². The number of benzene rings is 3. The Kier molecular flexibility index (Phi) is 17.8. The van der Waals surface area contributed by atoms with Gasteiger partial charge in [-0.3, -0.25) is 14.4 Å². The van der Waals surface area contributed by atoms with Crippen molar-refractivity contribution in [3.8, 4) is 5.75 Å². The summed E-state index contributed by atoms with van der Waals surface area (Å²) in [6.45, 7) is 10.7. The van der Waals surface area contributed by atoms with E-state index in [0.29, 0.717) is 30.8 Å². The van der Waals surface area contributed by atoms with Gasteiger partial charge in [0.05, 0.1) is 5.69 Å². The number of hydrogen-bond donors (Lipinski definition) is 1. The van der Waals surface area contributed by atoms with E-state index >= 15 is 0 Å². The van der Waals surface area contributed by atoms with Crippen molar-refractivity contribution in [3.63, 3.8) is 0 Å². The summed E-state index contributed by atoms with van der Waals surface area (Å²) in [7, 11) is 1.98. The summed E-state index contributed by atoms with van der Waals surface area (Å²) in [5.74, 6) is 1.21. The van der Waals surface area contributed by atoms with Gasteiger partial charge < -0.3 is 14.7 Å². The summed E-state index contributed by atoms with van der Waals surface area (Å²) >= 11 is 0. The summed E-state index contributed by atoms with van der Waals surface area (Å²) in [5.41, 5.74) is 5.84. The predicted octanol–water partition coefficient (Wildman–Crippen LogP) is 9.65. The van der Waals surface area contributed by atoms with E-state index in [1.54, 1.807) is 6.07 Å². The van der Waals surface area contributed by atoms with E-state index in [1.165, 1.54) is 17.3 Å². The fourth-order valence-corrected chi connectivity index (χ4v) is 8.47. The molecule has 3 unspecified atom stereocenters. The van der Waals surface area contributed by atoms with Crippen molar-refractivity contribution in [2.24, 2.45) is 11.8 Å². The minimum atomic E-state index is -0.754. The number of carboxylic acids is 1. The van der Waals surface area contributed by atoms with Crippen LogP contribution in [0.1, 0.15) is 92.8 Å². The van der Waals surface area contributed by atoms with Crippen LogP contribution in [-0.4, -0.2) is 69.4 Å². The number of rotatable bonds is 15. The normalized spacial score (nSPS) is 19.5. The quantitative estimate of drug-likeness (QED) is 0.129. The second-order valence-corrected chi connectivity index (χ2v) is 15.2. The highest BCUT2D eigenvalue weighted by Crippen LogP contribution is 2.43. The number of carbonyl (C=O) groups is 1. The summed E-state index contributed by atoms with van der Waals surface area (Å²) in [6.07, 6.45) is 5.34. The second kappa shape index (κ2) is 21.2. The van der Waals surface area contributed by atoms with Gasteiger partial charge in [-0.2, -0.15) is 5.10 Å². The Bertz CT molecular complexity index is 1720. The van der Waals surface area contributed by atoms with Gasteiger partial charge in [-0.25, -0.2) is 4.39 Å². The van der Waals surface area contributed by atoms with Crippen LogP contribution in [0.4, 0.5) is 4.39 Å². The lowest BCUT2D eigenvalue weighted by Crippen LogP contribution is -2.45.